The van der Waals surface area contributed by atoms with Crippen LogP contribution in [0.5, 0.6) is 0 Å². The van der Waals surface area contributed by atoms with E-state index in [4.69, 9.17) is 0 Å². The maximum Gasteiger partial charge on any atom is 0.358 e. The van der Waals surface area contributed by atoms with Crippen molar-refractivity contribution in [3.8, 4) is 0 Å². The SMILES string of the molecule is CC(C)C1=NN(N(C)c2cccnc2)C(=O)NC1. The Kier molecular flexibility index (Phi) is 3.45. The number of amides is 2. The van der Waals surface area contributed by atoms with Gasteiger partial charge in [0, 0.05) is 13.2 Å². The topological polar surface area (TPSA) is 60.8 Å². The molecule has 18 heavy (non-hydrogen) atoms. The molecule has 1 aromatic heterocycles. The van der Waals surface area contributed by atoms with Crippen molar-refractivity contribution in [3.63, 3.8) is 0 Å². The van der Waals surface area contributed by atoms with Crippen LogP contribution in [0.4, 0.5) is 10.5 Å². The molecule has 0 fully saturated rings. The van der Waals surface area contributed by atoms with Gasteiger partial charge >= 0.3 is 6.03 Å². The van der Waals surface area contributed by atoms with Crippen LogP contribution >= 0.6 is 0 Å². The molecule has 6 heteroatoms. The summed E-state index contributed by atoms with van der Waals surface area (Å²) >= 11 is 0. The summed E-state index contributed by atoms with van der Waals surface area (Å²) in [5, 5.41) is 10.2. The van der Waals surface area contributed by atoms with Gasteiger partial charge in [0.15, 0.2) is 0 Å². The molecule has 1 aliphatic rings. The lowest BCUT2D eigenvalue weighted by Crippen LogP contribution is -2.52. The minimum atomic E-state index is -0.231. The summed E-state index contributed by atoms with van der Waals surface area (Å²) in [6.45, 7) is 4.62. The highest BCUT2D eigenvalue weighted by atomic mass is 16.2. The average Bonchev–Trinajstić information content (AvgIpc) is 2.39. The minimum Gasteiger partial charge on any atom is -0.330 e. The van der Waals surface area contributed by atoms with Crippen LogP contribution in [-0.2, 0) is 0 Å². The van der Waals surface area contributed by atoms with E-state index < -0.39 is 0 Å². The number of hydrazine groups is 1. The van der Waals surface area contributed by atoms with Crippen LogP contribution in [0.3, 0.4) is 0 Å². The molecule has 1 N–H and O–H groups in total. The number of hydrazone groups is 1. The summed E-state index contributed by atoms with van der Waals surface area (Å²) in [5.41, 5.74) is 1.76. The Morgan fingerprint density at radius 1 is 1.50 bits per heavy atom. The highest BCUT2D eigenvalue weighted by molar-refractivity contribution is 5.94. The number of carbonyl (C=O) groups is 1. The van der Waals surface area contributed by atoms with Gasteiger partial charge in [-0.05, 0) is 18.1 Å². The molecular weight excluding hydrogens is 230 g/mol. The summed E-state index contributed by atoms with van der Waals surface area (Å²) in [6, 6.07) is 3.46. The average molecular weight is 247 g/mol. The second-order valence-corrected chi connectivity index (χ2v) is 4.43. The molecule has 0 spiro atoms. The lowest BCUT2D eigenvalue weighted by molar-refractivity contribution is 0.195. The molecule has 2 heterocycles. The van der Waals surface area contributed by atoms with Crippen LogP contribution in [0, 0.1) is 5.92 Å². The van der Waals surface area contributed by atoms with Crippen molar-refractivity contribution in [1.29, 1.82) is 0 Å². The molecule has 96 valence electrons. The molecule has 0 unspecified atom stereocenters. The first-order valence-corrected chi connectivity index (χ1v) is 5.88. The van der Waals surface area contributed by atoms with Crippen molar-refractivity contribution < 1.29 is 4.79 Å². The Morgan fingerprint density at radius 2 is 2.28 bits per heavy atom. The maximum atomic E-state index is 11.8. The molecule has 2 amide bonds. The van der Waals surface area contributed by atoms with Gasteiger partial charge in [-0.25, -0.2) is 4.79 Å². The Balaban J connectivity index is 2.25. The molecule has 6 nitrogen and oxygen atoms in total. The molecule has 0 radical (unpaired) electrons. The van der Waals surface area contributed by atoms with E-state index in [1.807, 2.05) is 12.1 Å². The highest BCUT2D eigenvalue weighted by Gasteiger charge is 2.25. The lowest BCUT2D eigenvalue weighted by atomic mass is 10.1. The van der Waals surface area contributed by atoms with E-state index in [1.165, 1.54) is 5.12 Å². The second kappa shape index (κ2) is 5.03. The second-order valence-electron chi connectivity index (χ2n) is 4.43. The summed E-state index contributed by atoms with van der Waals surface area (Å²) < 4.78 is 0. The number of urea groups is 1. The molecule has 0 saturated carbocycles. The Hall–Kier alpha value is -2.11. The van der Waals surface area contributed by atoms with Gasteiger partial charge in [-0.15, -0.1) is 5.12 Å². The van der Waals surface area contributed by atoms with Gasteiger partial charge in [0.25, 0.3) is 0 Å². The maximum absolute atomic E-state index is 11.8. The molecule has 1 aliphatic heterocycles. The van der Waals surface area contributed by atoms with Crippen molar-refractivity contribution >= 4 is 17.4 Å². The van der Waals surface area contributed by atoms with E-state index in [0.717, 1.165) is 11.4 Å². The van der Waals surface area contributed by atoms with Crippen molar-refractivity contribution in [2.75, 3.05) is 18.6 Å². The van der Waals surface area contributed by atoms with Gasteiger partial charge in [-0.3, -0.25) is 9.99 Å². The number of hydrogen-bond acceptors (Lipinski definition) is 4. The van der Waals surface area contributed by atoms with Crippen LogP contribution in [-0.4, -0.2) is 35.4 Å². The highest BCUT2D eigenvalue weighted by Crippen LogP contribution is 2.15. The van der Waals surface area contributed by atoms with Crippen LogP contribution < -0.4 is 10.3 Å². The Labute approximate surface area is 106 Å². The fraction of sp³-hybridized carbons (Fsp3) is 0.417. The third-order valence-corrected chi connectivity index (χ3v) is 2.80. The van der Waals surface area contributed by atoms with Gasteiger partial charge in [-0.2, -0.15) is 5.10 Å². The number of nitrogens with zero attached hydrogens (tertiary/aromatic N) is 4. The van der Waals surface area contributed by atoms with E-state index in [1.54, 1.807) is 24.5 Å². The number of hydrogen-bond donors (Lipinski definition) is 1. The zero-order valence-electron chi connectivity index (χ0n) is 10.8. The van der Waals surface area contributed by atoms with Crippen LogP contribution in [0.15, 0.2) is 29.6 Å². The molecule has 0 aromatic carbocycles. The monoisotopic (exact) mass is 247 g/mol. The van der Waals surface area contributed by atoms with E-state index in [-0.39, 0.29) is 6.03 Å². The standard InChI is InChI=1S/C12H17N5O/c1-9(2)11-8-14-12(18)17(15-11)16(3)10-5-4-6-13-7-10/h4-7,9H,8H2,1-3H3,(H,14,18). The van der Waals surface area contributed by atoms with Gasteiger partial charge in [0.1, 0.15) is 0 Å². The number of carbonyl (C=O) groups excluding carboxylic acids is 1. The summed E-state index contributed by atoms with van der Waals surface area (Å²) in [5.74, 6) is 0.301. The molecule has 0 saturated heterocycles. The molecule has 0 bridgehead atoms. The predicted molar refractivity (Wildman–Crippen MR) is 70.2 cm³/mol. The zero-order valence-corrected chi connectivity index (χ0v) is 10.8. The fourth-order valence-electron chi connectivity index (χ4n) is 1.62. The number of pyridine rings is 1. The zero-order chi connectivity index (χ0) is 13.1. The van der Waals surface area contributed by atoms with E-state index in [9.17, 15) is 4.79 Å². The third kappa shape index (κ3) is 2.42. The summed E-state index contributed by atoms with van der Waals surface area (Å²) in [7, 11) is 1.78. The first-order valence-electron chi connectivity index (χ1n) is 5.88. The number of anilines is 1. The van der Waals surface area contributed by atoms with E-state index >= 15 is 0 Å². The lowest BCUT2D eigenvalue weighted by Gasteiger charge is -2.33. The third-order valence-electron chi connectivity index (χ3n) is 2.80. The van der Waals surface area contributed by atoms with Crippen molar-refractivity contribution in [3.05, 3.63) is 24.5 Å². The molecular formula is C12H17N5O. The molecule has 1 aromatic rings. The normalized spacial score (nSPS) is 15.4. The van der Waals surface area contributed by atoms with Crippen molar-refractivity contribution in [2.24, 2.45) is 11.0 Å². The number of aromatic nitrogens is 1. The molecule has 0 aliphatic carbocycles. The van der Waals surface area contributed by atoms with Gasteiger partial charge in [0.2, 0.25) is 0 Å². The first kappa shape index (κ1) is 12.3. The van der Waals surface area contributed by atoms with Crippen molar-refractivity contribution in [2.45, 2.75) is 13.8 Å². The predicted octanol–water partition coefficient (Wildman–Crippen LogP) is 1.47. The van der Waals surface area contributed by atoms with Crippen LogP contribution in [0.1, 0.15) is 13.8 Å². The Morgan fingerprint density at radius 3 is 2.89 bits per heavy atom. The summed E-state index contributed by atoms with van der Waals surface area (Å²) in [6.07, 6.45) is 3.38. The van der Waals surface area contributed by atoms with E-state index in [2.05, 4.69) is 29.2 Å². The summed E-state index contributed by atoms with van der Waals surface area (Å²) in [4.78, 5) is 15.9. The first-order chi connectivity index (χ1) is 8.59. The minimum absolute atomic E-state index is 0.231. The number of rotatable bonds is 3. The molecule has 0 atom stereocenters. The smallest absolute Gasteiger partial charge is 0.330 e. The van der Waals surface area contributed by atoms with Crippen molar-refractivity contribution in [1.82, 2.24) is 15.4 Å². The van der Waals surface area contributed by atoms with Gasteiger partial charge < -0.3 is 5.32 Å². The quantitative estimate of drug-likeness (QED) is 0.879. The number of nitrogens with one attached hydrogen (secondary N) is 1. The van der Waals surface area contributed by atoms with Gasteiger partial charge in [-0.1, -0.05) is 13.8 Å². The largest absolute Gasteiger partial charge is 0.358 e. The fourth-order valence-corrected chi connectivity index (χ4v) is 1.62. The molecule has 2 rings (SSSR count). The van der Waals surface area contributed by atoms with Crippen LogP contribution in [0.2, 0.25) is 0 Å². The van der Waals surface area contributed by atoms with E-state index in [0.29, 0.717) is 12.5 Å². The Bertz CT molecular complexity index is 457. The van der Waals surface area contributed by atoms with Crippen LogP contribution in [0.25, 0.3) is 0 Å². The van der Waals surface area contributed by atoms with Gasteiger partial charge in [0.05, 0.1) is 24.1 Å².